The van der Waals surface area contributed by atoms with Crippen LogP contribution in [0.4, 0.5) is 14.4 Å². The molecular formula is C29H51BN4O11. The van der Waals surface area contributed by atoms with E-state index < -0.39 is 77.3 Å². The van der Waals surface area contributed by atoms with Crippen LogP contribution in [0.15, 0.2) is 0 Å². The Morgan fingerprint density at radius 3 is 1.93 bits per heavy atom. The monoisotopic (exact) mass is 642 g/mol. The zero-order chi connectivity index (χ0) is 34.6. The largest absolute Gasteiger partial charge is 0.479 e. The van der Waals surface area contributed by atoms with Gasteiger partial charge in [-0.15, -0.1) is 0 Å². The molecule has 2 fully saturated rings. The van der Waals surface area contributed by atoms with Gasteiger partial charge < -0.3 is 44.9 Å². The molecule has 16 heteroatoms. The SMILES string of the molecule is CC(C)(C)OC(=O)NCC(NC(=O)OC(C)(C)C)C(=O)N[C@H]1CN(C(=O)O)[C@@](CCCCB2OC(C)(C)C(C)(C)O2)(C(=O)O)C1. The van der Waals surface area contributed by atoms with Crippen molar-refractivity contribution < 1.29 is 53.0 Å². The molecule has 0 saturated carbocycles. The lowest BCUT2D eigenvalue weighted by Crippen LogP contribution is -2.55. The molecule has 2 rings (SSSR count). The summed E-state index contributed by atoms with van der Waals surface area (Å²) in [5.74, 6) is -2.10. The highest BCUT2D eigenvalue weighted by Gasteiger charge is 2.54. The second kappa shape index (κ2) is 14.0. The van der Waals surface area contributed by atoms with E-state index in [1.807, 2.05) is 27.7 Å². The van der Waals surface area contributed by atoms with Crippen molar-refractivity contribution in [1.82, 2.24) is 20.9 Å². The Hall–Kier alpha value is -3.27. The number of nitrogens with zero attached hydrogens (tertiary/aromatic N) is 1. The van der Waals surface area contributed by atoms with Crippen molar-refractivity contribution in [3.63, 3.8) is 0 Å². The number of carbonyl (C=O) groups excluding carboxylic acids is 3. The summed E-state index contributed by atoms with van der Waals surface area (Å²) in [7, 11) is -0.467. The highest BCUT2D eigenvalue weighted by molar-refractivity contribution is 6.45. The Morgan fingerprint density at radius 1 is 0.911 bits per heavy atom. The third kappa shape index (κ3) is 10.7. The van der Waals surface area contributed by atoms with Crippen molar-refractivity contribution >= 4 is 37.3 Å². The molecule has 45 heavy (non-hydrogen) atoms. The van der Waals surface area contributed by atoms with Crippen molar-refractivity contribution in [3.8, 4) is 0 Å². The first-order valence-electron chi connectivity index (χ1n) is 15.2. The predicted octanol–water partition coefficient (Wildman–Crippen LogP) is 3.36. The van der Waals surface area contributed by atoms with E-state index in [0.717, 1.165) is 4.90 Å². The Kier molecular flexibility index (Phi) is 11.8. The van der Waals surface area contributed by atoms with Gasteiger partial charge in [-0.2, -0.15) is 0 Å². The second-order valence-corrected chi connectivity index (χ2v) is 14.7. The van der Waals surface area contributed by atoms with Crippen LogP contribution in [0.2, 0.25) is 6.32 Å². The van der Waals surface area contributed by atoms with Crippen molar-refractivity contribution in [1.29, 1.82) is 0 Å². The highest BCUT2D eigenvalue weighted by atomic mass is 16.7. The zero-order valence-electron chi connectivity index (χ0n) is 28.2. The van der Waals surface area contributed by atoms with Gasteiger partial charge in [-0.05, 0) is 82.0 Å². The van der Waals surface area contributed by atoms with Gasteiger partial charge >= 0.3 is 31.4 Å². The minimum Gasteiger partial charge on any atom is -0.479 e. The lowest BCUT2D eigenvalue weighted by Gasteiger charge is -2.32. The van der Waals surface area contributed by atoms with Crippen LogP contribution in [0, 0.1) is 0 Å². The Morgan fingerprint density at radius 2 is 1.44 bits per heavy atom. The van der Waals surface area contributed by atoms with Crippen LogP contribution in [0.3, 0.4) is 0 Å². The molecule has 2 aliphatic rings. The van der Waals surface area contributed by atoms with Crippen LogP contribution in [0.1, 0.15) is 94.9 Å². The number of hydrogen-bond donors (Lipinski definition) is 5. The Labute approximate surface area is 265 Å². The number of alkyl carbamates (subject to hydrolysis) is 2. The number of ether oxygens (including phenoxy) is 2. The van der Waals surface area contributed by atoms with E-state index in [-0.39, 0.29) is 25.9 Å². The summed E-state index contributed by atoms with van der Waals surface area (Å²) in [6.45, 7) is 17.0. The molecule has 0 aromatic carbocycles. The van der Waals surface area contributed by atoms with Crippen LogP contribution in [-0.4, -0.2) is 106 Å². The maximum absolute atomic E-state index is 13.4. The molecule has 0 radical (unpaired) electrons. The van der Waals surface area contributed by atoms with Gasteiger partial charge in [0.15, 0.2) is 0 Å². The Balaban J connectivity index is 2.12. The first-order valence-corrected chi connectivity index (χ1v) is 15.2. The van der Waals surface area contributed by atoms with E-state index >= 15 is 0 Å². The third-order valence-electron chi connectivity index (χ3n) is 7.92. The van der Waals surface area contributed by atoms with Crippen LogP contribution < -0.4 is 16.0 Å². The maximum Gasteiger partial charge on any atom is 0.457 e. The molecule has 2 heterocycles. The number of hydrogen-bond acceptors (Lipinski definition) is 9. The number of amides is 4. The molecule has 1 unspecified atom stereocenters. The van der Waals surface area contributed by atoms with Crippen LogP contribution in [0.25, 0.3) is 0 Å². The molecule has 0 aromatic heterocycles. The summed E-state index contributed by atoms with van der Waals surface area (Å²) >= 11 is 0. The fourth-order valence-corrected chi connectivity index (χ4v) is 5.15. The lowest BCUT2D eigenvalue weighted by molar-refractivity contribution is -0.149. The second-order valence-electron chi connectivity index (χ2n) is 14.7. The smallest absolute Gasteiger partial charge is 0.457 e. The van der Waals surface area contributed by atoms with Crippen molar-refractivity contribution in [2.24, 2.45) is 0 Å². The van der Waals surface area contributed by atoms with E-state index in [9.17, 15) is 34.2 Å². The molecule has 15 nitrogen and oxygen atoms in total. The molecule has 256 valence electrons. The van der Waals surface area contributed by atoms with E-state index in [1.165, 1.54) is 0 Å². The summed E-state index contributed by atoms with van der Waals surface area (Å²) in [6, 6.07) is -2.23. The van der Waals surface area contributed by atoms with Crippen LogP contribution in [0.5, 0.6) is 0 Å². The number of likely N-dealkylation sites (tertiary alicyclic amines) is 1. The average Bonchev–Trinajstić information content (AvgIpc) is 3.30. The minimum absolute atomic E-state index is 0.000294. The zero-order valence-corrected chi connectivity index (χ0v) is 28.2. The maximum atomic E-state index is 13.4. The van der Waals surface area contributed by atoms with E-state index in [4.69, 9.17) is 18.8 Å². The molecule has 4 amide bonds. The molecule has 0 aromatic rings. The van der Waals surface area contributed by atoms with E-state index in [2.05, 4.69) is 16.0 Å². The first kappa shape index (κ1) is 37.9. The number of carbonyl (C=O) groups is 5. The van der Waals surface area contributed by atoms with Crippen molar-refractivity contribution in [2.75, 3.05) is 13.1 Å². The van der Waals surface area contributed by atoms with Gasteiger partial charge in [-0.25, -0.2) is 19.2 Å². The molecule has 0 aliphatic carbocycles. The summed E-state index contributed by atoms with van der Waals surface area (Å²) in [6.07, 6.45) is -1.99. The van der Waals surface area contributed by atoms with Gasteiger partial charge in [-0.3, -0.25) is 9.69 Å². The van der Waals surface area contributed by atoms with Gasteiger partial charge in [0.2, 0.25) is 5.91 Å². The molecule has 2 aliphatic heterocycles. The van der Waals surface area contributed by atoms with Crippen LogP contribution >= 0.6 is 0 Å². The van der Waals surface area contributed by atoms with Crippen molar-refractivity contribution in [2.45, 2.75) is 141 Å². The molecule has 5 N–H and O–H groups in total. The van der Waals surface area contributed by atoms with Gasteiger partial charge in [0.25, 0.3) is 0 Å². The summed E-state index contributed by atoms with van der Waals surface area (Å²) in [5.41, 5.74) is -4.48. The van der Waals surface area contributed by atoms with E-state index in [1.54, 1.807) is 41.5 Å². The third-order valence-corrected chi connectivity index (χ3v) is 7.92. The lowest BCUT2D eigenvalue weighted by atomic mass is 9.80. The molecule has 0 bridgehead atoms. The summed E-state index contributed by atoms with van der Waals surface area (Å²) in [4.78, 5) is 63.7. The number of carboxylic acid groups (broad SMARTS) is 2. The van der Waals surface area contributed by atoms with Gasteiger partial charge in [-0.1, -0.05) is 12.8 Å². The molecule has 0 spiro atoms. The highest BCUT2D eigenvalue weighted by Crippen LogP contribution is 2.39. The van der Waals surface area contributed by atoms with Gasteiger partial charge in [0.05, 0.1) is 17.7 Å². The average molecular weight is 643 g/mol. The summed E-state index contributed by atoms with van der Waals surface area (Å²) in [5, 5.41) is 27.7. The first-order chi connectivity index (χ1) is 20.4. The standard InChI is InChI=1S/C29H51BN4O11/c1-25(2,3)42-22(38)31-16-19(33-23(39)43-26(4,5)6)20(35)32-18-15-29(21(36)37,34(17-18)24(40)41)13-11-12-14-30-44-27(7,8)28(9,10)45-30/h18-19H,11-17H2,1-10H3,(H,31,38)(H,32,35)(H,33,39)(H,36,37)(H,40,41)/t18-,19?,29-/m1/s1. The molecule has 2 saturated heterocycles. The normalized spacial score (nSPS) is 23.2. The minimum atomic E-state index is -1.79. The number of carboxylic acids is 1. The van der Waals surface area contributed by atoms with Gasteiger partial charge in [0.1, 0.15) is 22.8 Å². The molecule has 3 atom stereocenters. The fraction of sp³-hybridized carbons (Fsp3) is 0.828. The Bertz CT molecular complexity index is 1100. The number of unbranched alkanes of at least 4 members (excludes halogenated alkanes) is 1. The quantitative estimate of drug-likeness (QED) is 0.163. The predicted molar refractivity (Wildman–Crippen MR) is 164 cm³/mol. The number of rotatable bonds is 11. The number of nitrogens with one attached hydrogen (secondary N) is 3. The molecular weight excluding hydrogens is 591 g/mol. The van der Waals surface area contributed by atoms with E-state index in [0.29, 0.717) is 19.2 Å². The topological polar surface area (TPSA) is 202 Å². The number of aliphatic carboxylic acids is 1. The fourth-order valence-electron chi connectivity index (χ4n) is 5.15. The van der Waals surface area contributed by atoms with Gasteiger partial charge in [0, 0.05) is 19.0 Å². The van der Waals surface area contributed by atoms with Crippen LogP contribution in [-0.2, 0) is 28.4 Å². The summed E-state index contributed by atoms with van der Waals surface area (Å²) < 4.78 is 22.4. The van der Waals surface area contributed by atoms with Crippen molar-refractivity contribution in [3.05, 3.63) is 0 Å².